The highest BCUT2D eigenvalue weighted by Gasteiger charge is 2.14. The summed E-state index contributed by atoms with van der Waals surface area (Å²) in [6.45, 7) is 4.18. The Hall–Kier alpha value is -3.05. The number of hydrogen-bond donors (Lipinski definition) is 0. The Morgan fingerprint density at radius 3 is 2.21 bits per heavy atom. The number of nitrogens with zero attached hydrogens (tertiary/aromatic N) is 2. The van der Waals surface area contributed by atoms with Crippen molar-refractivity contribution in [3.8, 4) is 17.2 Å². The van der Waals surface area contributed by atoms with E-state index in [9.17, 15) is 4.79 Å². The van der Waals surface area contributed by atoms with Crippen LogP contribution in [0.3, 0.4) is 0 Å². The van der Waals surface area contributed by atoms with E-state index < -0.39 is 0 Å². The van der Waals surface area contributed by atoms with Gasteiger partial charge in [-0.05, 0) is 48.5 Å². The van der Waals surface area contributed by atoms with E-state index in [1.807, 2.05) is 78.9 Å². The van der Waals surface area contributed by atoms with Crippen molar-refractivity contribution in [2.45, 2.75) is 24.3 Å². The summed E-state index contributed by atoms with van der Waals surface area (Å²) < 4.78 is 7.54. The average Bonchev–Trinajstić information content (AvgIpc) is 2.70. The molecule has 0 atom stereocenters. The van der Waals surface area contributed by atoms with E-state index in [2.05, 4.69) is 13.8 Å². The molecule has 5 heteroatoms. The van der Waals surface area contributed by atoms with Gasteiger partial charge in [0.15, 0.2) is 5.16 Å². The fourth-order valence-electron chi connectivity index (χ4n) is 2.92. The molecule has 140 valence electrons. The molecule has 0 radical (unpaired) electrons. The molecule has 0 amide bonds. The molecular weight excluding hydrogens is 368 g/mol. The maximum absolute atomic E-state index is 13.2. The Labute approximate surface area is 167 Å². The summed E-state index contributed by atoms with van der Waals surface area (Å²) >= 11 is 1.58. The highest BCUT2D eigenvalue weighted by Crippen LogP contribution is 2.26. The van der Waals surface area contributed by atoms with Gasteiger partial charge in [-0.3, -0.25) is 9.36 Å². The van der Waals surface area contributed by atoms with Crippen molar-refractivity contribution >= 4 is 22.7 Å². The van der Waals surface area contributed by atoms with Crippen LogP contribution in [0.1, 0.15) is 13.8 Å². The minimum absolute atomic E-state index is 0.0644. The number of rotatable bonds is 5. The summed E-state index contributed by atoms with van der Waals surface area (Å²) in [6, 6.07) is 24.6. The molecule has 0 bridgehead atoms. The topological polar surface area (TPSA) is 44.1 Å². The van der Waals surface area contributed by atoms with Gasteiger partial charge in [0.05, 0.1) is 16.6 Å². The normalized spacial score (nSPS) is 11.1. The lowest BCUT2D eigenvalue weighted by Gasteiger charge is -2.15. The van der Waals surface area contributed by atoms with Gasteiger partial charge in [0.2, 0.25) is 0 Å². The molecule has 0 aliphatic carbocycles. The largest absolute Gasteiger partial charge is 0.457 e. The van der Waals surface area contributed by atoms with E-state index in [1.54, 1.807) is 16.3 Å². The molecule has 0 saturated carbocycles. The van der Waals surface area contributed by atoms with Crippen LogP contribution in [-0.4, -0.2) is 14.8 Å². The number of hydrogen-bond acceptors (Lipinski definition) is 4. The number of ether oxygens (including phenoxy) is 1. The minimum atomic E-state index is -0.0644. The van der Waals surface area contributed by atoms with Crippen molar-refractivity contribution in [3.05, 3.63) is 89.2 Å². The van der Waals surface area contributed by atoms with Crippen molar-refractivity contribution in [1.29, 1.82) is 0 Å². The molecule has 3 aromatic carbocycles. The number of benzene rings is 3. The van der Waals surface area contributed by atoms with Crippen LogP contribution in [0.5, 0.6) is 11.5 Å². The molecule has 4 aromatic rings. The third-order valence-corrected chi connectivity index (χ3v) is 5.12. The minimum Gasteiger partial charge on any atom is -0.457 e. The maximum Gasteiger partial charge on any atom is 0.266 e. The molecule has 28 heavy (non-hydrogen) atoms. The molecule has 4 nitrogen and oxygen atoms in total. The molecular formula is C23H20N2O2S. The highest BCUT2D eigenvalue weighted by molar-refractivity contribution is 7.99. The van der Waals surface area contributed by atoms with Gasteiger partial charge in [0.25, 0.3) is 5.56 Å². The van der Waals surface area contributed by atoms with E-state index in [1.165, 1.54) is 0 Å². The lowest BCUT2D eigenvalue weighted by atomic mass is 10.2. The molecule has 0 N–H and O–H groups in total. The lowest BCUT2D eigenvalue weighted by molar-refractivity contribution is 0.482. The molecule has 4 rings (SSSR count). The second-order valence-electron chi connectivity index (χ2n) is 6.63. The van der Waals surface area contributed by atoms with E-state index in [0.29, 0.717) is 15.8 Å². The number of fused-ring (bicyclic) bond motifs is 1. The van der Waals surface area contributed by atoms with Gasteiger partial charge in [0.1, 0.15) is 11.5 Å². The molecule has 0 fully saturated rings. The van der Waals surface area contributed by atoms with Crippen molar-refractivity contribution < 1.29 is 4.74 Å². The molecule has 1 heterocycles. The van der Waals surface area contributed by atoms with E-state index in [-0.39, 0.29) is 5.56 Å². The summed E-state index contributed by atoms with van der Waals surface area (Å²) in [4.78, 5) is 17.9. The fraction of sp³-hybridized carbons (Fsp3) is 0.130. The molecule has 0 unspecified atom stereocenters. The maximum atomic E-state index is 13.2. The summed E-state index contributed by atoms with van der Waals surface area (Å²) in [7, 11) is 0. The number of thioether (sulfide) groups is 1. The number of para-hydroxylation sites is 2. The van der Waals surface area contributed by atoms with Gasteiger partial charge in [-0.25, -0.2) is 4.98 Å². The van der Waals surface area contributed by atoms with Crippen molar-refractivity contribution in [3.63, 3.8) is 0 Å². The Bertz CT molecular complexity index is 1150. The van der Waals surface area contributed by atoms with Gasteiger partial charge in [-0.2, -0.15) is 0 Å². The summed E-state index contributed by atoms with van der Waals surface area (Å²) in [6.07, 6.45) is 0. The first-order valence-electron chi connectivity index (χ1n) is 9.13. The summed E-state index contributed by atoms with van der Waals surface area (Å²) in [5.41, 5.74) is 1.42. The van der Waals surface area contributed by atoms with Crippen molar-refractivity contribution in [2.24, 2.45) is 0 Å². The fourth-order valence-corrected chi connectivity index (χ4v) is 3.78. The lowest BCUT2D eigenvalue weighted by Crippen LogP contribution is -2.22. The third kappa shape index (κ3) is 3.80. The van der Waals surface area contributed by atoms with Crippen LogP contribution in [0, 0.1) is 0 Å². The van der Waals surface area contributed by atoms with Gasteiger partial charge < -0.3 is 4.74 Å². The Morgan fingerprint density at radius 1 is 0.857 bits per heavy atom. The number of aromatic nitrogens is 2. The van der Waals surface area contributed by atoms with Gasteiger partial charge in [-0.15, -0.1) is 0 Å². The predicted molar refractivity (Wildman–Crippen MR) is 115 cm³/mol. The molecule has 0 aliphatic heterocycles. The zero-order valence-corrected chi connectivity index (χ0v) is 16.5. The van der Waals surface area contributed by atoms with Crippen molar-refractivity contribution in [1.82, 2.24) is 9.55 Å². The highest BCUT2D eigenvalue weighted by atomic mass is 32.2. The van der Waals surface area contributed by atoms with Crippen LogP contribution in [-0.2, 0) is 0 Å². The standard InChI is InChI=1S/C23H20N2O2S/c1-16(2)28-23-24-21-11-7-6-10-20(21)22(26)25(23)17-12-14-19(15-13-17)27-18-8-4-3-5-9-18/h3-16H,1-2H3. The Balaban J connectivity index is 1.77. The Morgan fingerprint density at radius 2 is 1.50 bits per heavy atom. The molecule has 0 spiro atoms. The molecule has 0 aliphatic rings. The first-order valence-corrected chi connectivity index (χ1v) is 10.0. The van der Waals surface area contributed by atoms with Crippen LogP contribution in [0.2, 0.25) is 0 Å². The van der Waals surface area contributed by atoms with Crippen LogP contribution >= 0.6 is 11.8 Å². The smallest absolute Gasteiger partial charge is 0.266 e. The predicted octanol–water partition coefficient (Wildman–Crippen LogP) is 5.68. The molecule has 1 aromatic heterocycles. The van der Waals surface area contributed by atoms with Gasteiger partial charge >= 0.3 is 0 Å². The van der Waals surface area contributed by atoms with E-state index in [0.717, 1.165) is 22.7 Å². The summed E-state index contributed by atoms with van der Waals surface area (Å²) in [5, 5.41) is 1.61. The van der Waals surface area contributed by atoms with Crippen LogP contribution in [0.25, 0.3) is 16.6 Å². The molecule has 0 saturated heterocycles. The SMILES string of the molecule is CC(C)Sc1nc2ccccc2c(=O)n1-c1ccc(Oc2ccccc2)cc1. The van der Waals surface area contributed by atoms with Gasteiger partial charge in [0, 0.05) is 5.25 Å². The zero-order valence-electron chi connectivity index (χ0n) is 15.7. The first-order chi connectivity index (χ1) is 13.6. The van der Waals surface area contributed by atoms with Crippen LogP contribution < -0.4 is 10.3 Å². The zero-order chi connectivity index (χ0) is 19.5. The second-order valence-corrected chi connectivity index (χ2v) is 8.17. The summed E-state index contributed by atoms with van der Waals surface area (Å²) in [5.74, 6) is 1.49. The average molecular weight is 388 g/mol. The monoisotopic (exact) mass is 388 g/mol. The van der Waals surface area contributed by atoms with Gasteiger partial charge in [-0.1, -0.05) is 55.9 Å². The second kappa shape index (κ2) is 7.90. The Kier molecular flexibility index (Phi) is 5.17. The van der Waals surface area contributed by atoms with E-state index in [4.69, 9.17) is 9.72 Å². The first kappa shape index (κ1) is 18.3. The van der Waals surface area contributed by atoms with E-state index >= 15 is 0 Å². The van der Waals surface area contributed by atoms with Crippen molar-refractivity contribution in [2.75, 3.05) is 0 Å². The van der Waals surface area contributed by atoms with Crippen LogP contribution in [0.4, 0.5) is 0 Å². The third-order valence-electron chi connectivity index (χ3n) is 4.16. The quantitative estimate of drug-likeness (QED) is 0.326. The van der Waals surface area contributed by atoms with Crippen LogP contribution in [0.15, 0.2) is 88.8 Å².